The first-order valence-electron chi connectivity index (χ1n) is 6.61. The highest BCUT2D eigenvalue weighted by Gasteiger charge is 2.11. The molecule has 0 aromatic heterocycles. The van der Waals surface area contributed by atoms with Gasteiger partial charge in [0.1, 0.15) is 0 Å². The SMILES string of the molecule is CCCOc1c(Br)cc(CNCC(O)CO)cc1OC. The Morgan fingerprint density at radius 2 is 2.15 bits per heavy atom. The number of aliphatic hydroxyl groups is 2. The van der Waals surface area contributed by atoms with Gasteiger partial charge in [-0.1, -0.05) is 6.92 Å². The third-order valence-electron chi connectivity index (χ3n) is 2.66. The molecule has 0 fully saturated rings. The van der Waals surface area contributed by atoms with E-state index in [9.17, 15) is 5.11 Å². The minimum Gasteiger partial charge on any atom is -0.493 e. The second kappa shape index (κ2) is 9.18. The van der Waals surface area contributed by atoms with Crippen molar-refractivity contribution in [1.29, 1.82) is 0 Å². The van der Waals surface area contributed by atoms with Crippen molar-refractivity contribution in [2.45, 2.75) is 26.0 Å². The molecule has 0 bridgehead atoms. The van der Waals surface area contributed by atoms with Gasteiger partial charge in [-0.2, -0.15) is 0 Å². The monoisotopic (exact) mass is 347 g/mol. The third kappa shape index (κ3) is 5.28. The normalized spacial score (nSPS) is 12.2. The van der Waals surface area contributed by atoms with Crippen molar-refractivity contribution >= 4 is 15.9 Å². The Kier molecular flexibility index (Phi) is 7.91. The molecule has 0 amide bonds. The maximum atomic E-state index is 9.27. The Bertz CT molecular complexity index is 414. The lowest BCUT2D eigenvalue weighted by atomic mass is 10.2. The maximum Gasteiger partial charge on any atom is 0.175 e. The first kappa shape index (κ1) is 17.2. The van der Waals surface area contributed by atoms with Gasteiger partial charge in [-0.25, -0.2) is 0 Å². The highest BCUT2D eigenvalue weighted by molar-refractivity contribution is 9.10. The van der Waals surface area contributed by atoms with E-state index in [0.29, 0.717) is 31.2 Å². The van der Waals surface area contributed by atoms with Gasteiger partial charge in [-0.15, -0.1) is 0 Å². The van der Waals surface area contributed by atoms with Crippen molar-refractivity contribution in [3.05, 3.63) is 22.2 Å². The summed E-state index contributed by atoms with van der Waals surface area (Å²) in [4.78, 5) is 0. The van der Waals surface area contributed by atoms with Gasteiger partial charge in [-0.05, 0) is 40.0 Å². The van der Waals surface area contributed by atoms with E-state index < -0.39 is 6.10 Å². The molecule has 3 N–H and O–H groups in total. The summed E-state index contributed by atoms with van der Waals surface area (Å²) in [5.41, 5.74) is 1.00. The zero-order chi connectivity index (χ0) is 15.0. The van der Waals surface area contributed by atoms with Gasteiger partial charge >= 0.3 is 0 Å². The number of ether oxygens (including phenoxy) is 2. The zero-order valence-corrected chi connectivity index (χ0v) is 13.4. The molecule has 6 heteroatoms. The van der Waals surface area contributed by atoms with Gasteiger partial charge in [0.25, 0.3) is 0 Å². The molecule has 0 aliphatic rings. The molecule has 1 aromatic carbocycles. The van der Waals surface area contributed by atoms with E-state index in [-0.39, 0.29) is 6.61 Å². The summed E-state index contributed by atoms with van der Waals surface area (Å²) in [5.74, 6) is 1.38. The van der Waals surface area contributed by atoms with Gasteiger partial charge in [-0.3, -0.25) is 0 Å². The molecule has 1 aromatic rings. The number of hydrogen-bond acceptors (Lipinski definition) is 5. The van der Waals surface area contributed by atoms with Gasteiger partial charge < -0.3 is 25.0 Å². The molecule has 0 heterocycles. The molecule has 1 unspecified atom stereocenters. The summed E-state index contributed by atoms with van der Waals surface area (Å²) in [6.07, 6.45) is 0.185. The van der Waals surface area contributed by atoms with Crippen LogP contribution < -0.4 is 14.8 Å². The van der Waals surface area contributed by atoms with Crippen molar-refractivity contribution < 1.29 is 19.7 Å². The van der Waals surface area contributed by atoms with Crippen molar-refractivity contribution in [2.24, 2.45) is 0 Å². The lowest BCUT2D eigenvalue weighted by Crippen LogP contribution is -2.28. The van der Waals surface area contributed by atoms with Gasteiger partial charge in [0.05, 0.1) is 30.9 Å². The van der Waals surface area contributed by atoms with Crippen LogP contribution in [0.3, 0.4) is 0 Å². The van der Waals surface area contributed by atoms with E-state index in [1.54, 1.807) is 7.11 Å². The second-order valence-electron chi connectivity index (χ2n) is 4.42. The molecule has 0 saturated carbocycles. The van der Waals surface area contributed by atoms with Crippen LogP contribution in [0.2, 0.25) is 0 Å². The molecular weight excluding hydrogens is 326 g/mol. The average molecular weight is 348 g/mol. The Balaban J connectivity index is 2.71. The fourth-order valence-corrected chi connectivity index (χ4v) is 2.27. The number of methoxy groups -OCH3 is 1. The van der Waals surface area contributed by atoms with E-state index in [2.05, 4.69) is 21.2 Å². The highest BCUT2D eigenvalue weighted by atomic mass is 79.9. The molecule has 0 spiro atoms. The summed E-state index contributed by atoms with van der Waals surface area (Å²) in [7, 11) is 1.60. The van der Waals surface area contributed by atoms with Crippen LogP contribution in [0.5, 0.6) is 11.5 Å². The van der Waals surface area contributed by atoms with Crippen LogP contribution in [0.15, 0.2) is 16.6 Å². The minimum atomic E-state index is -0.743. The minimum absolute atomic E-state index is 0.246. The molecule has 1 atom stereocenters. The molecule has 20 heavy (non-hydrogen) atoms. The molecule has 1 rings (SSSR count). The summed E-state index contributed by atoms with van der Waals surface area (Å²) in [6, 6.07) is 3.85. The van der Waals surface area contributed by atoms with Gasteiger partial charge in [0, 0.05) is 13.1 Å². The highest BCUT2D eigenvalue weighted by Crippen LogP contribution is 2.36. The number of aliphatic hydroxyl groups excluding tert-OH is 2. The Labute approximate surface area is 128 Å². The smallest absolute Gasteiger partial charge is 0.175 e. The first-order valence-corrected chi connectivity index (χ1v) is 7.40. The van der Waals surface area contributed by atoms with E-state index in [1.165, 1.54) is 0 Å². The summed E-state index contributed by atoms with van der Waals surface area (Å²) >= 11 is 3.48. The van der Waals surface area contributed by atoms with Crippen LogP contribution in [-0.4, -0.2) is 43.2 Å². The standard InChI is InChI=1S/C14H22BrNO4/c1-3-4-20-14-12(15)5-10(6-13(14)19-2)7-16-8-11(18)9-17/h5-6,11,16-18H,3-4,7-9H2,1-2H3. The summed E-state index contributed by atoms with van der Waals surface area (Å²) < 4.78 is 11.8. The van der Waals surface area contributed by atoms with Crippen LogP contribution in [0, 0.1) is 0 Å². The fourth-order valence-electron chi connectivity index (χ4n) is 1.67. The molecule has 0 aliphatic carbocycles. The van der Waals surface area contributed by atoms with Crippen molar-refractivity contribution in [3.63, 3.8) is 0 Å². The van der Waals surface area contributed by atoms with E-state index in [1.807, 2.05) is 19.1 Å². The van der Waals surface area contributed by atoms with Crippen LogP contribution in [0.25, 0.3) is 0 Å². The molecule has 114 valence electrons. The molecule has 5 nitrogen and oxygen atoms in total. The zero-order valence-electron chi connectivity index (χ0n) is 11.9. The average Bonchev–Trinajstić information content (AvgIpc) is 2.45. The lowest BCUT2D eigenvalue weighted by Gasteiger charge is -2.15. The number of halogens is 1. The lowest BCUT2D eigenvalue weighted by molar-refractivity contribution is 0.0942. The predicted octanol–water partition coefficient (Wildman–Crippen LogP) is 1.69. The van der Waals surface area contributed by atoms with Gasteiger partial charge in [0.15, 0.2) is 11.5 Å². The Morgan fingerprint density at radius 1 is 1.40 bits per heavy atom. The number of rotatable bonds is 9. The quantitative estimate of drug-likeness (QED) is 0.634. The number of nitrogens with one attached hydrogen (secondary N) is 1. The van der Waals surface area contributed by atoms with Crippen molar-refractivity contribution in [3.8, 4) is 11.5 Å². The van der Waals surface area contributed by atoms with E-state index >= 15 is 0 Å². The summed E-state index contributed by atoms with van der Waals surface area (Å²) in [6.45, 7) is 3.34. The largest absolute Gasteiger partial charge is 0.493 e. The number of benzene rings is 1. The Morgan fingerprint density at radius 3 is 2.75 bits per heavy atom. The molecule has 0 radical (unpaired) electrons. The second-order valence-corrected chi connectivity index (χ2v) is 5.28. The first-order chi connectivity index (χ1) is 9.62. The third-order valence-corrected chi connectivity index (χ3v) is 3.25. The van der Waals surface area contributed by atoms with Crippen molar-refractivity contribution in [2.75, 3.05) is 26.9 Å². The van der Waals surface area contributed by atoms with Crippen LogP contribution in [-0.2, 0) is 6.54 Å². The maximum absolute atomic E-state index is 9.27. The fraction of sp³-hybridized carbons (Fsp3) is 0.571. The van der Waals surface area contributed by atoms with Crippen LogP contribution in [0.4, 0.5) is 0 Å². The predicted molar refractivity (Wildman–Crippen MR) is 81.3 cm³/mol. The molecule has 0 saturated heterocycles. The van der Waals surface area contributed by atoms with Crippen LogP contribution in [0.1, 0.15) is 18.9 Å². The van der Waals surface area contributed by atoms with E-state index in [0.717, 1.165) is 16.5 Å². The number of hydrogen-bond donors (Lipinski definition) is 3. The summed E-state index contributed by atoms with van der Waals surface area (Å²) in [5, 5.41) is 21.1. The molecule has 0 aliphatic heterocycles. The van der Waals surface area contributed by atoms with Crippen molar-refractivity contribution in [1.82, 2.24) is 5.32 Å². The van der Waals surface area contributed by atoms with Gasteiger partial charge in [0.2, 0.25) is 0 Å². The Hall–Kier alpha value is -0.820. The van der Waals surface area contributed by atoms with E-state index in [4.69, 9.17) is 14.6 Å². The molecular formula is C14H22BrNO4. The van der Waals surface area contributed by atoms with Crippen LogP contribution >= 0.6 is 15.9 Å². The topological polar surface area (TPSA) is 71.0 Å².